The van der Waals surface area contributed by atoms with Gasteiger partial charge in [-0.3, -0.25) is 9.78 Å². The fraction of sp³-hybridized carbons (Fsp3) is 0.333. The standard InChI is InChI=1S/C15H19N3O/c1-11(9-16)5-6-15(19)18-14-4-2-3-12-7-8-17-10-13(12)14/h2-4,7-8,10-11H,5-6,9,16H2,1H3,(H,18,19). The van der Waals surface area contributed by atoms with Crippen LogP contribution in [-0.4, -0.2) is 17.4 Å². The highest BCUT2D eigenvalue weighted by atomic mass is 16.1. The van der Waals surface area contributed by atoms with E-state index in [4.69, 9.17) is 5.73 Å². The van der Waals surface area contributed by atoms with E-state index in [0.717, 1.165) is 22.9 Å². The lowest BCUT2D eigenvalue weighted by Gasteiger charge is -2.10. The summed E-state index contributed by atoms with van der Waals surface area (Å²) in [5.74, 6) is 0.400. The first-order valence-corrected chi connectivity index (χ1v) is 6.53. The lowest BCUT2D eigenvalue weighted by molar-refractivity contribution is -0.116. The van der Waals surface area contributed by atoms with Crippen LogP contribution in [0, 0.1) is 5.92 Å². The third-order valence-corrected chi connectivity index (χ3v) is 3.22. The molecule has 2 aromatic rings. The Morgan fingerprint density at radius 2 is 2.26 bits per heavy atom. The molecule has 0 saturated carbocycles. The van der Waals surface area contributed by atoms with Crippen LogP contribution in [0.25, 0.3) is 10.8 Å². The molecular weight excluding hydrogens is 238 g/mol. The van der Waals surface area contributed by atoms with Crippen molar-refractivity contribution < 1.29 is 4.79 Å². The van der Waals surface area contributed by atoms with E-state index in [1.165, 1.54) is 0 Å². The van der Waals surface area contributed by atoms with Gasteiger partial charge in [0, 0.05) is 24.2 Å². The van der Waals surface area contributed by atoms with Crippen molar-refractivity contribution in [3.05, 3.63) is 36.7 Å². The number of benzene rings is 1. The highest BCUT2D eigenvalue weighted by molar-refractivity contribution is 6.01. The number of anilines is 1. The number of fused-ring (bicyclic) bond motifs is 1. The molecule has 1 aromatic carbocycles. The van der Waals surface area contributed by atoms with Crippen LogP contribution in [0.2, 0.25) is 0 Å². The third kappa shape index (κ3) is 3.51. The van der Waals surface area contributed by atoms with Crippen molar-refractivity contribution in [1.82, 2.24) is 4.98 Å². The maximum Gasteiger partial charge on any atom is 0.224 e. The fourth-order valence-electron chi connectivity index (χ4n) is 1.93. The van der Waals surface area contributed by atoms with Crippen molar-refractivity contribution in [2.45, 2.75) is 19.8 Å². The first kappa shape index (κ1) is 13.5. The smallest absolute Gasteiger partial charge is 0.224 e. The number of nitrogens with two attached hydrogens (primary N) is 1. The molecule has 1 unspecified atom stereocenters. The van der Waals surface area contributed by atoms with Crippen molar-refractivity contribution in [3.63, 3.8) is 0 Å². The van der Waals surface area contributed by atoms with Gasteiger partial charge in [-0.15, -0.1) is 0 Å². The van der Waals surface area contributed by atoms with E-state index in [9.17, 15) is 4.79 Å². The summed E-state index contributed by atoms with van der Waals surface area (Å²) < 4.78 is 0. The molecule has 0 spiro atoms. The summed E-state index contributed by atoms with van der Waals surface area (Å²) in [5.41, 5.74) is 6.36. The molecule has 2 rings (SSSR count). The Labute approximate surface area is 113 Å². The molecule has 4 nitrogen and oxygen atoms in total. The second kappa shape index (κ2) is 6.29. The summed E-state index contributed by atoms with van der Waals surface area (Å²) in [6.45, 7) is 2.67. The van der Waals surface area contributed by atoms with Crippen molar-refractivity contribution >= 4 is 22.4 Å². The van der Waals surface area contributed by atoms with Gasteiger partial charge in [-0.25, -0.2) is 0 Å². The third-order valence-electron chi connectivity index (χ3n) is 3.22. The van der Waals surface area contributed by atoms with Gasteiger partial charge in [-0.2, -0.15) is 0 Å². The number of carbonyl (C=O) groups excluding carboxylic acids is 1. The molecule has 1 amide bonds. The molecule has 0 saturated heterocycles. The number of nitrogens with zero attached hydrogens (tertiary/aromatic N) is 1. The number of pyridine rings is 1. The monoisotopic (exact) mass is 257 g/mol. The Bertz CT molecular complexity index is 563. The average Bonchev–Trinajstić information content (AvgIpc) is 2.45. The summed E-state index contributed by atoms with van der Waals surface area (Å²) in [6.07, 6.45) is 4.82. The van der Waals surface area contributed by atoms with Crippen LogP contribution in [0.15, 0.2) is 36.7 Å². The predicted molar refractivity (Wildman–Crippen MR) is 77.8 cm³/mol. The van der Waals surface area contributed by atoms with Gasteiger partial charge in [0.1, 0.15) is 0 Å². The van der Waals surface area contributed by atoms with Crippen molar-refractivity contribution in [2.24, 2.45) is 11.7 Å². The minimum atomic E-state index is 0.0247. The molecule has 0 bridgehead atoms. The Hall–Kier alpha value is -1.94. The minimum Gasteiger partial charge on any atom is -0.330 e. The number of nitrogens with one attached hydrogen (secondary N) is 1. The van der Waals surface area contributed by atoms with Gasteiger partial charge in [0.2, 0.25) is 5.91 Å². The largest absolute Gasteiger partial charge is 0.330 e. The Morgan fingerprint density at radius 3 is 3.05 bits per heavy atom. The maximum atomic E-state index is 11.9. The van der Waals surface area contributed by atoms with E-state index >= 15 is 0 Å². The zero-order chi connectivity index (χ0) is 13.7. The molecule has 0 radical (unpaired) electrons. The molecule has 100 valence electrons. The second-order valence-electron chi connectivity index (χ2n) is 4.83. The van der Waals surface area contributed by atoms with E-state index in [2.05, 4.69) is 17.2 Å². The van der Waals surface area contributed by atoms with Gasteiger partial charge in [0.25, 0.3) is 0 Å². The number of carbonyl (C=O) groups is 1. The van der Waals surface area contributed by atoms with Crippen LogP contribution in [0.1, 0.15) is 19.8 Å². The van der Waals surface area contributed by atoms with Crippen LogP contribution in [-0.2, 0) is 4.79 Å². The summed E-state index contributed by atoms with van der Waals surface area (Å²) >= 11 is 0. The maximum absolute atomic E-state index is 11.9. The molecule has 1 heterocycles. The van der Waals surface area contributed by atoms with Gasteiger partial charge < -0.3 is 11.1 Å². The second-order valence-corrected chi connectivity index (χ2v) is 4.83. The highest BCUT2D eigenvalue weighted by Gasteiger charge is 2.07. The van der Waals surface area contributed by atoms with E-state index in [1.54, 1.807) is 12.4 Å². The first-order chi connectivity index (χ1) is 9.20. The van der Waals surface area contributed by atoms with Crippen LogP contribution >= 0.6 is 0 Å². The quantitative estimate of drug-likeness (QED) is 0.865. The summed E-state index contributed by atoms with van der Waals surface area (Å²) in [6, 6.07) is 7.76. The molecule has 0 aliphatic carbocycles. The Morgan fingerprint density at radius 1 is 1.42 bits per heavy atom. The molecule has 1 atom stereocenters. The predicted octanol–water partition coefficient (Wildman–Crippen LogP) is 2.55. The Kier molecular flexibility index (Phi) is 4.47. The lowest BCUT2D eigenvalue weighted by atomic mass is 10.1. The summed E-state index contributed by atoms with van der Waals surface area (Å²) in [4.78, 5) is 16.0. The number of rotatable bonds is 5. The van der Waals surface area contributed by atoms with Crippen molar-refractivity contribution in [2.75, 3.05) is 11.9 Å². The van der Waals surface area contributed by atoms with Gasteiger partial charge >= 0.3 is 0 Å². The van der Waals surface area contributed by atoms with Crippen molar-refractivity contribution in [1.29, 1.82) is 0 Å². The molecule has 19 heavy (non-hydrogen) atoms. The van der Waals surface area contributed by atoms with Crippen LogP contribution in [0.5, 0.6) is 0 Å². The van der Waals surface area contributed by atoms with E-state index in [0.29, 0.717) is 18.9 Å². The van der Waals surface area contributed by atoms with Crippen LogP contribution < -0.4 is 11.1 Å². The highest BCUT2D eigenvalue weighted by Crippen LogP contribution is 2.22. The van der Waals surface area contributed by atoms with Gasteiger partial charge in [0.15, 0.2) is 0 Å². The topological polar surface area (TPSA) is 68.0 Å². The Balaban J connectivity index is 2.07. The summed E-state index contributed by atoms with van der Waals surface area (Å²) in [7, 11) is 0. The zero-order valence-corrected chi connectivity index (χ0v) is 11.1. The van der Waals surface area contributed by atoms with Crippen LogP contribution in [0.3, 0.4) is 0 Å². The number of aromatic nitrogens is 1. The van der Waals surface area contributed by atoms with Crippen LogP contribution in [0.4, 0.5) is 5.69 Å². The molecule has 1 aromatic heterocycles. The van der Waals surface area contributed by atoms with Crippen molar-refractivity contribution in [3.8, 4) is 0 Å². The molecule has 3 N–H and O–H groups in total. The molecule has 0 aliphatic rings. The number of hydrogen-bond acceptors (Lipinski definition) is 3. The van der Waals surface area contributed by atoms with E-state index in [1.807, 2.05) is 24.3 Å². The zero-order valence-electron chi connectivity index (χ0n) is 11.1. The van der Waals surface area contributed by atoms with Gasteiger partial charge in [-0.1, -0.05) is 19.1 Å². The normalized spacial score (nSPS) is 12.3. The fourth-order valence-corrected chi connectivity index (χ4v) is 1.93. The van der Waals surface area contributed by atoms with E-state index in [-0.39, 0.29) is 5.91 Å². The number of hydrogen-bond donors (Lipinski definition) is 2. The average molecular weight is 257 g/mol. The molecular formula is C15H19N3O. The molecule has 0 aliphatic heterocycles. The van der Waals surface area contributed by atoms with Gasteiger partial charge in [-0.05, 0) is 36.4 Å². The molecule has 0 fully saturated rings. The number of amides is 1. The minimum absolute atomic E-state index is 0.0247. The first-order valence-electron chi connectivity index (χ1n) is 6.53. The van der Waals surface area contributed by atoms with E-state index < -0.39 is 0 Å². The van der Waals surface area contributed by atoms with Gasteiger partial charge in [0.05, 0.1) is 5.69 Å². The molecule has 4 heteroatoms. The SMILES string of the molecule is CC(CN)CCC(=O)Nc1cccc2ccncc12. The summed E-state index contributed by atoms with van der Waals surface area (Å²) in [5, 5.41) is 4.98. The lowest BCUT2D eigenvalue weighted by Crippen LogP contribution is -2.16.